The van der Waals surface area contributed by atoms with Crippen molar-refractivity contribution in [3.63, 3.8) is 0 Å². The Kier molecular flexibility index (Phi) is 2.57. The van der Waals surface area contributed by atoms with Crippen LogP contribution in [-0.2, 0) is 9.53 Å². The number of carbonyl (C=O) groups excluding carboxylic acids is 1. The van der Waals surface area contributed by atoms with Crippen LogP contribution in [0.25, 0.3) is 0 Å². The van der Waals surface area contributed by atoms with Crippen LogP contribution in [0.4, 0.5) is 5.69 Å². The van der Waals surface area contributed by atoms with Crippen LogP contribution in [0.1, 0.15) is 11.5 Å². The largest absolute Gasteiger partial charge is 0.468 e. The molecule has 0 radical (unpaired) electrons. The maximum Gasteiger partial charge on any atom is 0.315 e. The Labute approximate surface area is 93.6 Å². The van der Waals surface area contributed by atoms with Crippen LogP contribution in [0.15, 0.2) is 18.2 Å². The van der Waals surface area contributed by atoms with Crippen LogP contribution < -0.4 is 4.90 Å². The molecular weight excluding hydrogens is 214 g/mol. The highest BCUT2D eigenvalue weighted by Gasteiger charge is 2.32. The smallest absolute Gasteiger partial charge is 0.315 e. The van der Waals surface area contributed by atoms with E-state index in [1.165, 1.54) is 7.11 Å². The average molecular weight is 226 g/mol. The van der Waals surface area contributed by atoms with Crippen molar-refractivity contribution in [2.45, 2.75) is 5.92 Å². The highest BCUT2D eigenvalue weighted by molar-refractivity contribution is 6.30. The van der Waals surface area contributed by atoms with Gasteiger partial charge in [0.05, 0.1) is 7.11 Å². The zero-order chi connectivity index (χ0) is 11.0. The van der Waals surface area contributed by atoms with Gasteiger partial charge in [-0.2, -0.15) is 0 Å². The highest BCUT2D eigenvalue weighted by atomic mass is 35.5. The van der Waals surface area contributed by atoms with Crippen molar-refractivity contribution in [3.05, 3.63) is 28.8 Å². The number of ether oxygens (including phenoxy) is 1. The van der Waals surface area contributed by atoms with E-state index in [1.807, 2.05) is 30.1 Å². The van der Waals surface area contributed by atoms with E-state index in [2.05, 4.69) is 0 Å². The molecule has 0 N–H and O–H groups in total. The summed E-state index contributed by atoms with van der Waals surface area (Å²) in [6, 6.07) is 5.60. The first-order chi connectivity index (χ1) is 7.13. The molecule has 1 unspecified atom stereocenters. The van der Waals surface area contributed by atoms with Gasteiger partial charge in [0.15, 0.2) is 0 Å². The molecular formula is C11H12ClNO2. The zero-order valence-electron chi connectivity index (χ0n) is 8.66. The summed E-state index contributed by atoms with van der Waals surface area (Å²) in [5.74, 6) is -0.420. The molecule has 0 aromatic heterocycles. The molecule has 0 amide bonds. The second kappa shape index (κ2) is 3.74. The minimum absolute atomic E-state index is 0.206. The van der Waals surface area contributed by atoms with E-state index >= 15 is 0 Å². The second-order valence-electron chi connectivity index (χ2n) is 3.66. The van der Waals surface area contributed by atoms with Gasteiger partial charge in [-0.25, -0.2) is 0 Å². The summed E-state index contributed by atoms with van der Waals surface area (Å²) >= 11 is 5.91. The van der Waals surface area contributed by atoms with E-state index in [0.29, 0.717) is 11.6 Å². The standard InChI is InChI=1S/C11H12ClNO2/c1-13-6-9(11(14)15-2)8-5-7(12)3-4-10(8)13/h3-5,9H,6H2,1-2H3. The van der Waals surface area contributed by atoms with Gasteiger partial charge in [0.25, 0.3) is 0 Å². The van der Waals surface area contributed by atoms with Gasteiger partial charge in [-0.15, -0.1) is 0 Å². The molecule has 4 heteroatoms. The number of nitrogens with zero attached hydrogens (tertiary/aromatic N) is 1. The van der Waals surface area contributed by atoms with Crippen LogP contribution >= 0.6 is 11.6 Å². The van der Waals surface area contributed by atoms with Crippen LogP contribution in [0.5, 0.6) is 0 Å². The number of anilines is 1. The summed E-state index contributed by atoms with van der Waals surface area (Å²) in [6.07, 6.45) is 0. The number of likely N-dealkylation sites (N-methyl/N-ethyl adjacent to an activating group) is 1. The van der Waals surface area contributed by atoms with Crippen molar-refractivity contribution in [2.24, 2.45) is 0 Å². The fourth-order valence-electron chi connectivity index (χ4n) is 1.97. The van der Waals surface area contributed by atoms with Crippen LogP contribution in [0.2, 0.25) is 5.02 Å². The predicted octanol–water partition coefficient (Wildman–Crippen LogP) is 2.05. The highest BCUT2D eigenvalue weighted by Crippen LogP contribution is 2.37. The summed E-state index contributed by atoms with van der Waals surface area (Å²) in [4.78, 5) is 13.6. The molecule has 1 heterocycles. The molecule has 1 atom stereocenters. The molecule has 0 bridgehead atoms. The number of fused-ring (bicyclic) bond motifs is 1. The van der Waals surface area contributed by atoms with Gasteiger partial charge in [-0.05, 0) is 23.8 Å². The maximum absolute atomic E-state index is 11.5. The van der Waals surface area contributed by atoms with E-state index in [9.17, 15) is 4.79 Å². The Morgan fingerprint density at radius 1 is 1.60 bits per heavy atom. The summed E-state index contributed by atoms with van der Waals surface area (Å²) in [7, 11) is 3.36. The molecule has 3 nitrogen and oxygen atoms in total. The summed E-state index contributed by atoms with van der Waals surface area (Å²) in [5.41, 5.74) is 2.01. The topological polar surface area (TPSA) is 29.5 Å². The Hall–Kier alpha value is -1.22. The molecule has 2 rings (SSSR count). The molecule has 1 aromatic rings. The number of benzene rings is 1. The van der Waals surface area contributed by atoms with Crippen molar-refractivity contribution in [1.82, 2.24) is 0 Å². The summed E-state index contributed by atoms with van der Waals surface area (Å²) < 4.78 is 4.77. The monoisotopic (exact) mass is 225 g/mol. The molecule has 0 saturated heterocycles. The molecule has 1 aliphatic heterocycles. The number of carbonyl (C=O) groups is 1. The van der Waals surface area contributed by atoms with E-state index < -0.39 is 0 Å². The minimum atomic E-state index is -0.214. The van der Waals surface area contributed by atoms with Gasteiger partial charge in [-0.3, -0.25) is 4.79 Å². The number of halogens is 1. The average Bonchev–Trinajstić information content (AvgIpc) is 2.54. The lowest BCUT2D eigenvalue weighted by atomic mass is 10.0. The van der Waals surface area contributed by atoms with Crippen molar-refractivity contribution in [2.75, 3.05) is 25.6 Å². The quantitative estimate of drug-likeness (QED) is 0.685. The fourth-order valence-corrected chi connectivity index (χ4v) is 2.15. The molecule has 0 aliphatic carbocycles. The number of rotatable bonds is 1. The molecule has 0 saturated carbocycles. The zero-order valence-corrected chi connectivity index (χ0v) is 9.41. The lowest BCUT2D eigenvalue weighted by Gasteiger charge is -2.11. The lowest BCUT2D eigenvalue weighted by molar-refractivity contribution is -0.142. The first-order valence-corrected chi connectivity index (χ1v) is 5.09. The minimum Gasteiger partial charge on any atom is -0.468 e. The first kappa shape index (κ1) is 10.3. The SMILES string of the molecule is COC(=O)C1CN(C)c2ccc(Cl)cc21. The predicted molar refractivity (Wildman–Crippen MR) is 59.5 cm³/mol. The normalized spacial score (nSPS) is 18.9. The van der Waals surface area contributed by atoms with Gasteiger partial charge < -0.3 is 9.64 Å². The maximum atomic E-state index is 11.5. The summed E-state index contributed by atoms with van der Waals surface area (Å²) in [5, 5.41) is 0.651. The number of hydrogen-bond donors (Lipinski definition) is 0. The van der Waals surface area contributed by atoms with Crippen LogP contribution in [-0.4, -0.2) is 26.7 Å². The Morgan fingerprint density at radius 3 is 3.00 bits per heavy atom. The lowest BCUT2D eigenvalue weighted by Crippen LogP contribution is -2.21. The van der Waals surface area contributed by atoms with E-state index in [1.54, 1.807) is 0 Å². The third kappa shape index (κ3) is 1.67. The Balaban J connectivity index is 2.44. The molecule has 1 aromatic carbocycles. The van der Waals surface area contributed by atoms with Gasteiger partial charge in [0, 0.05) is 24.3 Å². The third-order valence-corrected chi connectivity index (χ3v) is 2.95. The van der Waals surface area contributed by atoms with E-state index in [0.717, 1.165) is 11.3 Å². The third-order valence-electron chi connectivity index (χ3n) is 2.72. The Bertz CT molecular complexity index is 406. The van der Waals surface area contributed by atoms with Crippen molar-refractivity contribution >= 4 is 23.3 Å². The molecule has 15 heavy (non-hydrogen) atoms. The van der Waals surface area contributed by atoms with Gasteiger partial charge in [0.2, 0.25) is 0 Å². The van der Waals surface area contributed by atoms with Gasteiger partial charge >= 0.3 is 5.97 Å². The second-order valence-corrected chi connectivity index (χ2v) is 4.10. The summed E-state index contributed by atoms with van der Waals surface area (Å²) in [6.45, 7) is 0.655. The van der Waals surface area contributed by atoms with Crippen LogP contribution in [0.3, 0.4) is 0 Å². The number of methoxy groups -OCH3 is 1. The number of esters is 1. The van der Waals surface area contributed by atoms with E-state index in [4.69, 9.17) is 16.3 Å². The number of hydrogen-bond acceptors (Lipinski definition) is 3. The molecule has 1 aliphatic rings. The molecule has 0 spiro atoms. The van der Waals surface area contributed by atoms with Crippen molar-refractivity contribution in [3.8, 4) is 0 Å². The van der Waals surface area contributed by atoms with Crippen LogP contribution in [0, 0.1) is 0 Å². The molecule has 80 valence electrons. The first-order valence-electron chi connectivity index (χ1n) is 4.72. The van der Waals surface area contributed by atoms with Crippen molar-refractivity contribution < 1.29 is 9.53 Å². The fraction of sp³-hybridized carbons (Fsp3) is 0.364. The van der Waals surface area contributed by atoms with Gasteiger partial charge in [0.1, 0.15) is 5.92 Å². The Morgan fingerprint density at radius 2 is 2.33 bits per heavy atom. The van der Waals surface area contributed by atoms with Gasteiger partial charge in [-0.1, -0.05) is 11.6 Å². The molecule has 0 fully saturated rings. The van der Waals surface area contributed by atoms with Crippen molar-refractivity contribution in [1.29, 1.82) is 0 Å². The van der Waals surface area contributed by atoms with E-state index in [-0.39, 0.29) is 11.9 Å².